The summed E-state index contributed by atoms with van der Waals surface area (Å²) in [5.41, 5.74) is 0. The van der Waals surface area contributed by atoms with Crippen molar-refractivity contribution in [3.05, 3.63) is 0 Å². The Morgan fingerprint density at radius 2 is 1.71 bits per heavy atom. The molecule has 0 aliphatic rings. The molecule has 2 N–H and O–H groups in total. The normalized spacial score (nSPS) is 12.9. The van der Waals surface area contributed by atoms with E-state index in [-0.39, 0.29) is 5.75 Å². The summed E-state index contributed by atoms with van der Waals surface area (Å²) in [6.07, 6.45) is 0. The third-order valence-corrected chi connectivity index (χ3v) is 3.98. The van der Waals surface area contributed by atoms with Crippen molar-refractivity contribution in [3.63, 3.8) is 0 Å². The fraction of sp³-hybridized carbons (Fsp3) is 1.00. The van der Waals surface area contributed by atoms with Gasteiger partial charge in [0.05, 0.1) is 5.75 Å². The molecule has 0 unspecified atom stereocenters. The molecule has 0 spiro atoms. The highest BCUT2D eigenvalue weighted by Crippen LogP contribution is 1.92. The van der Waals surface area contributed by atoms with E-state index in [0.29, 0.717) is 25.2 Å². The number of nitrogens with zero attached hydrogens (tertiary/aromatic N) is 1. The second kappa shape index (κ2) is 8.02. The molecule has 104 valence electrons. The summed E-state index contributed by atoms with van der Waals surface area (Å²) in [6.45, 7) is 9.86. The van der Waals surface area contributed by atoms with Gasteiger partial charge in [-0.1, -0.05) is 13.8 Å². The van der Waals surface area contributed by atoms with Crippen molar-refractivity contribution in [2.45, 2.75) is 39.8 Å². The number of rotatable bonds is 9. The molecule has 0 aliphatic carbocycles. The van der Waals surface area contributed by atoms with Gasteiger partial charge in [0.25, 0.3) is 0 Å². The van der Waals surface area contributed by atoms with E-state index in [0.717, 1.165) is 6.54 Å². The highest BCUT2D eigenvalue weighted by Gasteiger charge is 2.10. The maximum absolute atomic E-state index is 11.6. The molecule has 17 heavy (non-hydrogen) atoms. The molecular weight excluding hydrogens is 238 g/mol. The van der Waals surface area contributed by atoms with Crippen molar-refractivity contribution in [1.29, 1.82) is 0 Å². The number of hydrogen-bond donors (Lipinski definition) is 2. The van der Waals surface area contributed by atoms with Crippen molar-refractivity contribution < 1.29 is 8.42 Å². The topological polar surface area (TPSA) is 61.4 Å². The second-order valence-electron chi connectivity index (χ2n) is 4.90. The Morgan fingerprint density at radius 3 is 2.18 bits per heavy atom. The quantitative estimate of drug-likeness (QED) is 0.627. The van der Waals surface area contributed by atoms with E-state index < -0.39 is 10.0 Å². The van der Waals surface area contributed by atoms with E-state index in [1.54, 1.807) is 0 Å². The summed E-state index contributed by atoms with van der Waals surface area (Å²) in [6, 6.07) is 0.749. The van der Waals surface area contributed by atoms with Crippen LogP contribution < -0.4 is 10.0 Å². The molecule has 0 saturated heterocycles. The lowest BCUT2D eigenvalue weighted by atomic mass is 10.3. The number of likely N-dealkylation sites (N-methyl/N-ethyl adjacent to an activating group) is 1. The molecule has 0 heterocycles. The minimum absolute atomic E-state index is 0.135. The van der Waals surface area contributed by atoms with Crippen LogP contribution in [0.15, 0.2) is 0 Å². The molecule has 0 radical (unpaired) electrons. The maximum Gasteiger partial charge on any atom is 0.212 e. The Balaban J connectivity index is 3.79. The lowest BCUT2D eigenvalue weighted by Gasteiger charge is -2.20. The zero-order valence-corrected chi connectivity index (χ0v) is 12.5. The van der Waals surface area contributed by atoms with Crippen LogP contribution in [0.25, 0.3) is 0 Å². The van der Waals surface area contributed by atoms with Gasteiger partial charge in [0.1, 0.15) is 0 Å². The summed E-state index contributed by atoms with van der Waals surface area (Å²) in [5, 5.41) is 3.09. The van der Waals surface area contributed by atoms with Gasteiger partial charge in [-0.05, 0) is 20.9 Å². The molecule has 5 nitrogen and oxygen atoms in total. The third-order valence-electron chi connectivity index (χ3n) is 2.59. The van der Waals surface area contributed by atoms with Crippen LogP contribution in [0, 0.1) is 0 Å². The smallest absolute Gasteiger partial charge is 0.212 e. The van der Waals surface area contributed by atoms with Crippen LogP contribution in [-0.2, 0) is 10.0 Å². The molecule has 0 amide bonds. The van der Waals surface area contributed by atoms with E-state index in [1.807, 2.05) is 20.9 Å². The summed E-state index contributed by atoms with van der Waals surface area (Å²) in [7, 11) is -1.15. The zero-order chi connectivity index (χ0) is 13.5. The van der Waals surface area contributed by atoms with Gasteiger partial charge in [0, 0.05) is 31.7 Å². The molecule has 0 aromatic heterocycles. The minimum atomic E-state index is -3.14. The molecule has 0 bridgehead atoms. The average Bonchev–Trinajstić information content (AvgIpc) is 2.15. The van der Waals surface area contributed by atoms with E-state index in [1.165, 1.54) is 0 Å². The van der Waals surface area contributed by atoms with E-state index in [9.17, 15) is 8.42 Å². The van der Waals surface area contributed by atoms with Crippen LogP contribution in [0.2, 0.25) is 0 Å². The van der Waals surface area contributed by atoms with Crippen LogP contribution in [-0.4, -0.2) is 57.8 Å². The van der Waals surface area contributed by atoms with Gasteiger partial charge in [0.15, 0.2) is 0 Å². The summed E-state index contributed by atoms with van der Waals surface area (Å²) in [5.74, 6) is 0.135. The minimum Gasteiger partial charge on any atom is -0.313 e. The molecular formula is C11H27N3O2S. The first-order chi connectivity index (χ1) is 7.74. The fourth-order valence-electron chi connectivity index (χ4n) is 1.19. The Bertz CT molecular complexity index is 289. The molecule has 0 saturated carbocycles. The predicted molar refractivity (Wildman–Crippen MR) is 72.7 cm³/mol. The van der Waals surface area contributed by atoms with E-state index in [2.05, 4.69) is 28.8 Å². The van der Waals surface area contributed by atoms with Gasteiger partial charge in [-0.15, -0.1) is 0 Å². The summed E-state index contributed by atoms with van der Waals surface area (Å²) < 4.78 is 25.8. The first-order valence-electron chi connectivity index (χ1n) is 6.15. The number of nitrogens with one attached hydrogen (secondary N) is 2. The highest BCUT2D eigenvalue weighted by atomic mass is 32.2. The highest BCUT2D eigenvalue weighted by molar-refractivity contribution is 7.89. The molecule has 0 aromatic rings. The zero-order valence-electron chi connectivity index (χ0n) is 11.7. The molecule has 0 aliphatic heterocycles. The van der Waals surface area contributed by atoms with Crippen molar-refractivity contribution in [2.75, 3.05) is 32.4 Å². The third kappa shape index (κ3) is 9.52. The van der Waals surface area contributed by atoms with Crippen molar-refractivity contribution in [1.82, 2.24) is 14.9 Å². The second-order valence-corrected chi connectivity index (χ2v) is 6.82. The van der Waals surface area contributed by atoms with Gasteiger partial charge in [-0.25, -0.2) is 13.1 Å². The van der Waals surface area contributed by atoms with Crippen LogP contribution >= 0.6 is 0 Å². The summed E-state index contributed by atoms with van der Waals surface area (Å²) >= 11 is 0. The van der Waals surface area contributed by atoms with Crippen molar-refractivity contribution in [2.24, 2.45) is 0 Å². The average molecular weight is 265 g/mol. The first kappa shape index (κ1) is 16.8. The molecule has 6 heteroatoms. The van der Waals surface area contributed by atoms with Gasteiger partial charge in [-0.2, -0.15) is 0 Å². The van der Waals surface area contributed by atoms with Gasteiger partial charge in [-0.3, -0.25) is 0 Å². The monoisotopic (exact) mass is 265 g/mol. The Morgan fingerprint density at radius 1 is 1.12 bits per heavy atom. The van der Waals surface area contributed by atoms with Crippen molar-refractivity contribution >= 4 is 10.0 Å². The van der Waals surface area contributed by atoms with Crippen LogP contribution in [0.5, 0.6) is 0 Å². The SMILES string of the molecule is CC(C)NCCS(=O)(=O)NCCN(C)C(C)C. The Labute approximate surface area is 106 Å². The van der Waals surface area contributed by atoms with E-state index >= 15 is 0 Å². The number of hydrogen-bond acceptors (Lipinski definition) is 4. The van der Waals surface area contributed by atoms with Gasteiger partial charge >= 0.3 is 0 Å². The lowest BCUT2D eigenvalue weighted by Crippen LogP contribution is -2.39. The fourth-order valence-corrected chi connectivity index (χ4v) is 2.12. The molecule has 0 rings (SSSR count). The number of sulfonamides is 1. The summed E-state index contributed by atoms with van der Waals surface area (Å²) in [4.78, 5) is 2.11. The lowest BCUT2D eigenvalue weighted by molar-refractivity contribution is 0.278. The Hall–Kier alpha value is -0.170. The molecule has 0 fully saturated rings. The largest absolute Gasteiger partial charge is 0.313 e. The van der Waals surface area contributed by atoms with Crippen LogP contribution in [0.4, 0.5) is 0 Å². The van der Waals surface area contributed by atoms with Crippen LogP contribution in [0.3, 0.4) is 0 Å². The van der Waals surface area contributed by atoms with Crippen molar-refractivity contribution in [3.8, 4) is 0 Å². The first-order valence-corrected chi connectivity index (χ1v) is 7.81. The van der Waals surface area contributed by atoms with Gasteiger partial charge < -0.3 is 10.2 Å². The molecule has 0 aromatic carbocycles. The van der Waals surface area contributed by atoms with Crippen LogP contribution in [0.1, 0.15) is 27.7 Å². The van der Waals surface area contributed by atoms with E-state index in [4.69, 9.17) is 0 Å². The Kier molecular flexibility index (Phi) is 7.94. The standard InChI is InChI=1S/C11H27N3O2S/c1-10(2)12-7-9-17(15,16)13-6-8-14(5)11(3)4/h10-13H,6-9H2,1-5H3. The van der Waals surface area contributed by atoms with Gasteiger partial charge in [0.2, 0.25) is 10.0 Å². The molecule has 0 atom stereocenters. The predicted octanol–water partition coefficient (Wildman–Crippen LogP) is 0.244. The maximum atomic E-state index is 11.6.